The Bertz CT molecular complexity index is 393. The van der Waals surface area contributed by atoms with Crippen LogP contribution in [0.3, 0.4) is 0 Å². The molecule has 1 rings (SSSR count). The summed E-state index contributed by atoms with van der Waals surface area (Å²) in [4.78, 5) is 11.3. The largest absolute Gasteiger partial charge is 0.341 e. The van der Waals surface area contributed by atoms with Gasteiger partial charge in [0.2, 0.25) is 0 Å². The van der Waals surface area contributed by atoms with E-state index in [1.54, 1.807) is 13.0 Å². The SMILES string of the molecule is C#CCNC(=O)c1cc(C)ccc1F. The number of carbonyl (C=O) groups is 1. The topological polar surface area (TPSA) is 29.1 Å². The number of nitrogens with one attached hydrogen (secondary N) is 1. The minimum absolute atomic E-state index is 0.0280. The van der Waals surface area contributed by atoms with E-state index in [2.05, 4.69) is 11.2 Å². The van der Waals surface area contributed by atoms with Crippen molar-refractivity contribution in [1.82, 2.24) is 5.32 Å². The lowest BCUT2D eigenvalue weighted by molar-refractivity contribution is 0.0954. The second-order valence-corrected chi connectivity index (χ2v) is 2.87. The fourth-order valence-corrected chi connectivity index (χ4v) is 1.04. The molecule has 0 heterocycles. The summed E-state index contributed by atoms with van der Waals surface area (Å²) < 4.78 is 13.1. The smallest absolute Gasteiger partial charge is 0.255 e. The van der Waals surface area contributed by atoms with Crippen LogP contribution in [-0.4, -0.2) is 12.5 Å². The van der Waals surface area contributed by atoms with Gasteiger partial charge < -0.3 is 5.32 Å². The van der Waals surface area contributed by atoms with Crippen LogP contribution in [0.5, 0.6) is 0 Å². The van der Waals surface area contributed by atoms with Crippen molar-refractivity contribution in [1.29, 1.82) is 0 Å². The molecule has 0 radical (unpaired) electrons. The third-order valence-electron chi connectivity index (χ3n) is 1.72. The highest BCUT2D eigenvalue weighted by Gasteiger charge is 2.10. The molecule has 14 heavy (non-hydrogen) atoms. The standard InChI is InChI=1S/C11H10FNO/c1-3-6-13-11(14)9-7-8(2)4-5-10(9)12/h1,4-5,7H,6H2,2H3,(H,13,14). The molecule has 0 aliphatic rings. The van der Waals surface area contributed by atoms with E-state index in [1.807, 2.05) is 0 Å². The minimum Gasteiger partial charge on any atom is -0.341 e. The van der Waals surface area contributed by atoms with Crippen LogP contribution in [0.2, 0.25) is 0 Å². The van der Waals surface area contributed by atoms with Crippen LogP contribution in [0, 0.1) is 25.1 Å². The second-order valence-electron chi connectivity index (χ2n) is 2.87. The molecule has 1 aromatic carbocycles. The van der Waals surface area contributed by atoms with Crippen LogP contribution >= 0.6 is 0 Å². The van der Waals surface area contributed by atoms with E-state index in [0.717, 1.165) is 5.56 Å². The Morgan fingerprint density at radius 3 is 3.00 bits per heavy atom. The maximum absolute atomic E-state index is 13.1. The van der Waals surface area contributed by atoms with Crippen molar-refractivity contribution in [3.63, 3.8) is 0 Å². The number of hydrogen-bond donors (Lipinski definition) is 1. The van der Waals surface area contributed by atoms with Crippen molar-refractivity contribution in [2.75, 3.05) is 6.54 Å². The molecule has 0 aromatic heterocycles. The molecule has 0 atom stereocenters. The van der Waals surface area contributed by atoms with Gasteiger partial charge in [-0.25, -0.2) is 4.39 Å². The second kappa shape index (κ2) is 4.43. The van der Waals surface area contributed by atoms with Gasteiger partial charge in [0, 0.05) is 0 Å². The van der Waals surface area contributed by atoms with Crippen molar-refractivity contribution >= 4 is 5.91 Å². The van der Waals surface area contributed by atoms with Crippen molar-refractivity contribution in [2.45, 2.75) is 6.92 Å². The Balaban J connectivity index is 2.90. The number of aryl methyl sites for hydroxylation is 1. The molecule has 0 aliphatic carbocycles. The quantitative estimate of drug-likeness (QED) is 0.705. The number of carbonyl (C=O) groups excluding carboxylic acids is 1. The summed E-state index contributed by atoms with van der Waals surface area (Å²) in [6, 6.07) is 4.36. The van der Waals surface area contributed by atoms with Gasteiger partial charge in [-0.1, -0.05) is 17.6 Å². The van der Waals surface area contributed by atoms with Crippen molar-refractivity contribution in [3.8, 4) is 12.3 Å². The zero-order valence-electron chi connectivity index (χ0n) is 7.80. The molecule has 1 amide bonds. The van der Waals surface area contributed by atoms with Gasteiger partial charge in [-0.15, -0.1) is 6.42 Å². The summed E-state index contributed by atoms with van der Waals surface area (Å²) in [5.74, 6) is 1.23. The predicted molar refractivity (Wildman–Crippen MR) is 52.3 cm³/mol. The number of benzene rings is 1. The van der Waals surface area contributed by atoms with Crippen LogP contribution in [0.25, 0.3) is 0 Å². The molecular formula is C11H10FNO. The highest BCUT2D eigenvalue weighted by Crippen LogP contribution is 2.09. The molecule has 72 valence electrons. The first kappa shape index (κ1) is 10.3. The number of amides is 1. The van der Waals surface area contributed by atoms with Crippen molar-refractivity contribution < 1.29 is 9.18 Å². The van der Waals surface area contributed by atoms with Crippen LogP contribution in [0.1, 0.15) is 15.9 Å². The molecule has 1 aromatic rings. The van der Waals surface area contributed by atoms with Gasteiger partial charge >= 0.3 is 0 Å². The Labute approximate surface area is 82.1 Å². The highest BCUT2D eigenvalue weighted by molar-refractivity contribution is 5.94. The number of rotatable bonds is 2. The van der Waals surface area contributed by atoms with E-state index < -0.39 is 11.7 Å². The third-order valence-corrected chi connectivity index (χ3v) is 1.72. The summed E-state index contributed by atoms with van der Waals surface area (Å²) in [6.07, 6.45) is 4.96. The molecular weight excluding hydrogens is 181 g/mol. The monoisotopic (exact) mass is 191 g/mol. The molecule has 0 saturated carbocycles. The van der Waals surface area contributed by atoms with Gasteiger partial charge in [0.1, 0.15) is 5.82 Å². The molecule has 0 saturated heterocycles. The zero-order chi connectivity index (χ0) is 10.6. The summed E-state index contributed by atoms with van der Waals surface area (Å²) in [6.45, 7) is 1.89. The molecule has 1 N–H and O–H groups in total. The van der Waals surface area contributed by atoms with Gasteiger partial charge in [0.05, 0.1) is 12.1 Å². The fourth-order valence-electron chi connectivity index (χ4n) is 1.04. The van der Waals surface area contributed by atoms with E-state index in [0.29, 0.717) is 0 Å². The van der Waals surface area contributed by atoms with E-state index in [1.165, 1.54) is 12.1 Å². The lowest BCUT2D eigenvalue weighted by Gasteiger charge is -2.03. The summed E-state index contributed by atoms with van der Waals surface area (Å²) in [5.41, 5.74) is 0.859. The first-order chi connectivity index (χ1) is 6.65. The first-order valence-electron chi connectivity index (χ1n) is 4.13. The lowest BCUT2D eigenvalue weighted by Crippen LogP contribution is -2.24. The van der Waals surface area contributed by atoms with Gasteiger partial charge in [0.25, 0.3) is 5.91 Å². The maximum Gasteiger partial charge on any atom is 0.255 e. The molecule has 3 heteroatoms. The van der Waals surface area contributed by atoms with E-state index in [-0.39, 0.29) is 12.1 Å². The van der Waals surface area contributed by atoms with Gasteiger partial charge in [-0.3, -0.25) is 4.79 Å². The third kappa shape index (κ3) is 2.33. The van der Waals surface area contributed by atoms with Crippen molar-refractivity contribution in [3.05, 3.63) is 35.1 Å². The number of halogens is 1. The van der Waals surface area contributed by atoms with Crippen molar-refractivity contribution in [2.24, 2.45) is 0 Å². The first-order valence-corrected chi connectivity index (χ1v) is 4.13. The van der Waals surface area contributed by atoms with Crippen LogP contribution < -0.4 is 5.32 Å². The van der Waals surface area contributed by atoms with Crippen LogP contribution in [0.4, 0.5) is 4.39 Å². The Morgan fingerprint density at radius 2 is 2.36 bits per heavy atom. The maximum atomic E-state index is 13.1. The Hall–Kier alpha value is -1.82. The zero-order valence-corrected chi connectivity index (χ0v) is 7.80. The minimum atomic E-state index is -0.537. The predicted octanol–water partition coefficient (Wildman–Crippen LogP) is 1.50. The molecule has 0 fully saturated rings. The number of terminal acetylenes is 1. The number of hydrogen-bond acceptors (Lipinski definition) is 1. The molecule has 0 aliphatic heterocycles. The highest BCUT2D eigenvalue weighted by atomic mass is 19.1. The summed E-state index contributed by atoms with van der Waals surface area (Å²) in [5, 5.41) is 2.40. The summed E-state index contributed by atoms with van der Waals surface area (Å²) >= 11 is 0. The molecule has 0 spiro atoms. The van der Waals surface area contributed by atoms with Gasteiger partial charge in [0.15, 0.2) is 0 Å². The Kier molecular flexibility index (Phi) is 3.24. The molecule has 2 nitrogen and oxygen atoms in total. The van der Waals surface area contributed by atoms with Gasteiger partial charge in [-0.2, -0.15) is 0 Å². The lowest BCUT2D eigenvalue weighted by atomic mass is 10.1. The average Bonchev–Trinajstić information content (AvgIpc) is 2.18. The Morgan fingerprint density at radius 1 is 1.64 bits per heavy atom. The normalized spacial score (nSPS) is 9.21. The van der Waals surface area contributed by atoms with Crippen LogP contribution in [0.15, 0.2) is 18.2 Å². The van der Waals surface area contributed by atoms with Gasteiger partial charge in [-0.05, 0) is 19.1 Å². The van der Waals surface area contributed by atoms with E-state index >= 15 is 0 Å². The molecule has 0 unspecified atom stereocenters. The molecule has 0 bridgehead atoms. The van der Waals surface area contributed by atoms with E-state index in [9.17, 15) is 9.18 Å². The van der Waals surface area contributed by atoms with Crippen LogP contribution in [-0.2, 0) is 0 Å². The fraction of sp³-hybridized carbons (Fsp3) is 0.182. The van der Waals surface area contributed by atoms with E-state index in [4.69, 9.17) is 6.42 Å². The summed E-state index contributed by atoms with van der Waals surface area (Å²) in [7, 11) is 0. The average molecular weight is 191 g/mol.